The molecule has 5 rings (SSSR count). The molecule has 0 bridgehead atoms. The standard InChI is InChI=1S/C23H27N7O2/c1-17-6-10-28(11-7-17)20-16-18(5-9-25-20)21-26-22(32-27-21)23(31)30-14-12-29(13-15-30)19-4-2-3-8-24-19/h2-5,8-9,16-17H,6-7,10-15H2,1H3. The van der Waals surface area contributed by atoms with E-state index in [1.165, 1.54) is 12.8 Å². The molecule has 1 amide bonds. The summed E-state index contributed by atoms with van der Waals surface area (Å²) in [7, 11) is 0. The number of hydrogen-bond acceptors (Lipinski definition) is 8. The highest BCUT2D eigenvalue weighted by Crippen LogP contribution is 2.25. The number of piperidine rings is 1. The van der Waals surface area contributed by atoms with Crippen molar-refractivity contribution >= 4 is 17.5 Å². The van der Waals surface area contributed by atoms with Crippen LogP contribution in [-0.2, 0) is 0 Å². The number of nitrogens with zero attached hydrogens (tertiary/aromatic N) is 7. The van der Waals surface area contributed by atoms with Crippen molar-refractivity contribution in [2.75, 3.05) is 49.1 Å². The van der Waals surface area contributed by atoms with Crippen molar-refractivity contribution < 1.29 is 9.32 Å². The maximum atomic E-state index is 12.9. The van der Waals surface area contributed by atoms with Crippen molar-refractivity contribution in [1.29, 1.82) is 0 Å². The number of rotatable bonds is 4. The van der Waals surface area contributed by atoms with Gasteiger partial charge in [0.25, 0.3) is 0 Å². The first-order chi connectivity index (χ1) is 15.7. The zero-order chi connectivity index (χ0) is 21.9. The van der Waals surface area contributed by atoms with Gasteiger partial charge in [-0.15, -0.1) is 0 Å². The van der Waals surface area contributed by atoms with Gasteiger partial charge in [0, 0.05) is 57.2 Å². The summed E-state index contributed by atoms with van der Waals surface area (Å²) in [5.74, 6) is 2.80. The van der Waals surface area contributed by atoms with Gasteiger partial charge in [0.1, 0.15) is 11.6 Å². The molecule has 2 saturated heterocycles. The third kappa shape index (κ3) is 4.28. The van der Waals surface area contributed by atoms with Crippen molar-refractivity contribution in [3.05, 3.63) is 48.6 Å². The van der Waals surface area contributed by atoms with Crippen LogP contribution in [0.3, 0.4) is 0 Å². The molecule has 0 aromatic carbocycles. The third-order valence-electron chi connectivity index (χ3n) is 6.26. The van der Waals surface area contributed by atoms with Gasteiger partial charge >= 0.3 is 11.8 Å². The minimum atomic E-state index is -0.233. The molecule has 0 atom stereocenters. The van der Waals surface area contributed by atoms with E-state index in [-0.39, 0.29) is 11.8 Å². The van der Waals surface area contributed by atoms with Crippen molar-refractivity contribution in [2.45, 2.75) is 19.8 Å². The molecule has 3 aromatic heterocycles. The zero-order valence-corrected chi connectivity index (χ0v) is 18.2. The van der Waals surface area contributed by atoms with Gasteiger partial charge in [-0.2, -0.15) is 4.98 Å². The summed E-state index contributed by atoms with van der Waals surface area (Å²) >= 11 is 0. The van der Waals surface area contributed by atoms with E-state index in [2.05, 4.69) is 36.8 Å². The van der Waals surface area contributed by atoms with Gasteiger partial charge in [-0.3, -0.25) is 4.79 Å². The number of amides is 1. The molecule has 5 heterocycles. The highest BCUT2D eigenvalue weighted by molar-refractivity contribution is 5.90. The van der Waals surface area contributed by atoms with E-state index in [0.29, 0.717) is 32.0 Å². The smallest absolute Gasteiger partial charge is 0.316 e. The van der Waals surface area contributed by atoms with Crippen LogP contribution in [0.15, 0.2) is 47.2 Å². The summed E-state index contributed by atoms with van der Waals surface area (Å²) in [5, 5.41) is 4.06. The molecule has 0 spiro atoms. The van der Waals surface area contributed by atoms with Gasteiger partial charge in [-0.05, 0) is 43.0 Å². The van der Waals surface area contributed by atoms with Crippen molar-refractivity contribution in [3.63, 3.8) is 0 Å². The fourth-order valence-electron chi connectivity index (χ4n) is 4.21. The van der Waals surface area contributed by atoms with Crippen LogP contribution in [0.2, 0.25) is 0 Å². The Morgan fingerprint density at radius 2 is 1.69 bits per heavy atom. The van der Waals surface area contributed by atoms with Crippen LogP contribution in [0.4, 0.5) is 11.6 Å². The molecular weight excluding hydrogens is 406 g/mol. The second kappa shape index (κ2) is 8.94. The lowest BCUT2D eigenvalue weighted by molar-refractivity contribution is 0.0696. The van der Waals surface area contributed by atoms with Crippen LogP contribution in [0, 0.1) is 5.92 Å². The van der Waals surface area contributed by atoms with Crippen molar-refractivity contribution in [2.24, 2.45) is 5.92 Å². The fourth-order valence-corrected chi connectivity index (χ4v) is 4.21. The second-order valence-electron chi connectivity index (χ2n) is 8.46. The van der Waals surface area contributed by atoms with Crippen LogP contribution in [0.1, 0.15) is 30.5 Å². The first kappa shape index (κ1) is 20.4. The molecule has 9 heteroatoms. The Kier molecular flexibility index (Phi) is 5.70. The first-order valence-corrected chi connectivity index (χ1v) is 11.2. The molecule has 0 radical (unpaired) electrons. The van der Waals surface area contributed by atoms with E-state index in [1.54, 1.807) is 17.3 Å². The predicted molar refractivity (Wildman–Crippen MR) is 120 cm³/mol. The lowest BCUT2D eigenvalue weighted by Gasteiger charge is -2.34. The van der Waals surface area contributed by atoms with Crippen LogP contribution < -0.4 is 9.80 Å². The molecule has 32 heavy (non-hydrogen) atoms. The molecule has 2 aliphatic heterocycles. The predicted octanol–water partition coefficient (Wildman–Crippen LogP) is 2.73. The molecule has 0 N–H and O–H groups in total. The molecular formula is C23H27N7O2. The van der Waals surface area contributed by atoms with E-state index < -0.39 is 0 Å². The van der Waals surface area contributed by atoms with Crippen LogP contribution in [-0.4, -0.2) is 70.2 Å². The molecule has 2 aliphatic rings. The fraction of sp³-hybridized carbons (Fsp3) is 0.435. The van der Waals surface area contributed by atoms with Gasteiger partial charge in [0.15, 0.2) is 0 Å². The highest BCUT2D eigenvalue weighted by Gasteiger charge is 2.27. The minimum absolute atomic E-state index is 0.0245. The Morgan fingerprint density at radius 1 is 0.938 bits per heavy atom. The molecule has 9 nitrogen and oxygen atoms in total. The number of anilines is 2. The number of hydrogen-bond donors (Lipinski definition) is 0. The molecule has 166 valence electrons. The number of carbonyl (C=O) groups is 1. The van der Waals surface area contributed by atoms with Gasteiger partial charge < -0.3 is 19.2 Å². The van der Waals surface area contributed by atoms with Crippen molar-refractivity contribution in [3.8, 4) is 11.4 Å². The van der Waals surface area contributed by atoms with Gasteiger partial charge in [-0.1, -0.05) is 18.1 Å². The number of piperazine rings is 1. The van der Waals surface area contributed by atoms with Gasteiger partial charge in [0.05, 0.1) is 0 Å². The molecule has 3 aromatic rings. The quantitative estimate of drug-likeness (QED) is 0.620. The lowest BCUT2D eigenvalue weighted by atomic mass is 9.99. The zero-order valence-electron chi connectivity index (χ0n) is 18.2. The van der Waals surface area contributed by atoms with Crippen molar-refractivity contribution in [1.82, 2.24) is 25.0 Å². The summed E-state index contributed by atoms with van der Waals surface area (Å²) in [5.41, 5.74) is 0.802. The number of carbonyl (C=O) groups excluding carboxylic acids is 1. The molecule has 0 unspecified atom stereocenters. The summed E-state index contributed by atoms with van der Waals surface area (Å²) in [6.07, 6.45) is 5.88. The SMILES string of the molecule is CC1CCN(c2cc(-c3noc(C(=O)N4CCN(c5ccccn5)CC4)n3)ccn2)CC1. The minimum Gasteiger partial charge on any atom is -0.357 e. The lowest BCUT2D eigenvalue weighted by Crippen LogP contribution is -2.49. The topological polar surface area (TPSA) is 91.5 Å². The summed E-state index contributed by atoms with van der Waals surface area (Å²) in [4.78, 5) is 32.4. The maximum absolute atomic E-state index is 12.9. The van der Waals surface area contributed by atoms with Gasteiger partial charge in [0.2, 0.25) is 5.82 Å². The Bertz CT molecular complexity index is 1050. The summed E-state index contributed by atoms with van der Waals surface area (Å²) < 4.78 is 5.33. The van der Waals surface area contributed by atoms with Crippen LogP contribution in [0.5, 0.6) is 0 Å². The van der Waals surface area contributed by atoms with E-state index in [4.69, 9.17) is 4.52 Å². The summed E-state index contributed by atoms with van der Waals surface area (Å²) in [6.45, 7) is 6.88. The highest BCUT2D eigenvalue weighted by atomic mass is 16.5. The maximum Gasteiger partial charge on any atom is 0.316 e. The number of pyridine rings is 2. The molecule has 2 fully saturated rings. The Balaban J connectivity index is 1.24. The molecule has 0 saturated carbocycles. The normalized spacial score (nSPS) is 17.6. The van der Waals surface area contributed by atoms with Gasteiger partial charge in [-0.25, -0.2) is 9.97 Å². The monoisotopic (exact) mass is 433 g/mol. The largest absolute Gasteiger partial charge is 0.357 e. The number of aromatic nitrogens is 4. The Labute approximate surface area is 187 Å². The third-order valence-corrected chi connectivity index (χ3v) is 6.26. The average molecular weight is 434 g/mol. The Morgan fingerprint density at radius 3 is 2.44 bits per heavy atom. The second-order valence-corrected chi connectivity index (χ2v) is 8.46. The van der Waals surface area contributed by atoms with E-state index in [1.807, 2.05) is 30.3 Å². The Hall–Kier alpha value is -3.49. The van der Waals surface area contributed by atoms with E-state index >= 15 is 0 Å². The first-order valence-electron chi connectivity index (χ1n) is 11.2. The molecule has 0 aliphatic carbocycles. The van der Waals surface area contributed by atoms with Crippen LogP contribution in [0.25, 0.3) is 11.4 Å². The average Bonchev–Trinajstić information content (AvgIpc) is 3.35. The summed E-state index contributed by atoms with van der Waals surface area (Å²) in [6, 6.07) is 9.67. The van der Waals surface area contributed by atoms with E-state index in [0.717, 1.165) is 36.2 Å². The van der Waals surface area contributed by atoms with E-state index in [9.17, 15) is 4.79 Å². The van der Waals surface area contributed by atoms with Crippen LogP contribution >= 0.6 is 0 Å².